The van der Waals surface area contributed by atoms with Gasteiger partial charge in [0.2, 0.25) is 10.0 Å². The molecule has 1 heterocycles. The van der Waals surface area contributed by atoms with Crippen LogP contribution in [0.1, 0.15) is 29.5 Å². The molecule has 1 atom stereocenters. The third kappa shape index (κ3) is 3.83. The molecule has 21 heavy (non-hydrogen) atoms. The molecule has 2 rings (SSSR count). The van der Waals surface area contributed by atoms with Gasteiger partial charge in [-0.2, -0.15) is 0 Å². The van der Waals surface area contributed by atoms with Crippen molar-refractivity contribution in [2.24, 2.45) is 5.73 Å². The van der Waals surface area contributed by atoms with Gasteiger partial charge in [-0.15, -0.1) is 0 Å². The summed E-state index contributed by atoms with van der Waals surface area (Å²) in [5, 5.41) is 0. The molecule has 0 radical (unpaired) electrons. The minimum absolute atomic E-state index is 0.0185. The molecule has 1 aromatic carbocycles. The van der Waals surface area contributed by atoms with Crippen molar-refractivity contribution >= 4 is 10.0 Å². The first kappa shape index (κ1) is 16.4. The predicted molar refractivity (Wildman–Crippen MR) is 84.6 cm³/mol. The fraction of sp³-hybridized carbons (Fsp3) is 0.600. The number of hydrogen-bond acceptors (Lipinski definition) is 4. The van der Waals surface area contributed by atoms with Crippen LogP contribution in [0, 0.1) is 13.8 Å². The normalized spacial score (nSPS) is 20.7. The summed E-state index contributed by atoms with van der Waals surface area (Å²) in [7, 11) is -1.48. The molecule has 1 aliphatic rings. The van der Waals surface area contributed by atoms with Crippen LogP contribution in [0.15, 0.2) is 17.0 Å². The Hall–Kier alpha value is -0.950. The zero-order valence-electron chi connectivity index (χ0n) is 13.0. The van der Waals surface area contributed by atoms with Gasteiger partial charge < -0.3 is 10.6 Å². The highest BCUT2D eigenvalue weighted by atomic mass is 32.2. The Balaban J connectivity index is 2.29. The highest BCUT2D eigenvalue weighted by Crippen LogP contribution is 2.22. The van der Waals surface area contributed by atoms with Crippen molar-refractivity contribution in [2.45, 2.75) is 44.2 Å². The fourth-order valence-electron chi connectivity index (χ4n) is 2.84. The first-order valence-electron chi connectivity index (χ1n) is 7.34. The topological polar surface area (TPSA) is 75.4 Å². The van der Waals surface area contributed by atoms with Gasteiger partial charge in [0.1, 0.15) is 0 Å². The lowest BCUT2D eigenvalue weighted by Gasteiger charge is -2.30. The number of nitrogens with zero attached hydrogens (tertiary/aromatic N) is 1. The van der Waals surface area contributed by atoms with Crippen LogP contribution in [0.5, 0.6) is 0 Å². The van der Waals surface area contributed by atoms with Crippen LogP contribution in [0.25, 0.3) is 0 Å². The number of likely N-dealkylation sites (N-methyl/N-ethyl adjacent to an activating group) is 1. The molecule has 0 bridgehead atoms. The van der Waals surface area contributed by atoms with E-state index in [-0.39, 0.29) is 6.04 Å². The third-order valence-corrected chi connectivity index (χ3v) is 5.80. The monoisotopic (exact) mass is 311 g/mol. The number of sulfonamides is 1. The average Bonchev–Trinajstić information content (AvgIpc) is 2.41. The van der Waals surface area contributed by atoms with Gasteiger partial charge in [0.25, 0.3) is 0 Å². The lowest BCUT2D eigenvalue weighted by molar-refractivity contribution is 0.242. The van der Waals surface area contributed by atoms with Crippen LogP contribution in [-0.4, -0.2) is 39.5 Å². The van der Waals surface area contributed by atoms with Crippen LogP contribution in [0.3, 0.4) is 0 Å². The Morgan fingerprint density at radius 1 is 1.38 bits per heavy atom. The third-order valence-electron chi connectivity index (χ3n) is 4.15. The second-order valence-corrected chi connectivity index (χ2v) is 7.65. The van der Waals surface area contributed by atoms with Crippen LogP contribution >= 0.6 is 0 Å². The van der Waals surface area contributed by atoms with Crippen molar-refractivity contribution in [3.8, 4) is 0 Å². The van der Waals surface area contributed by atoms with Gasteiger partial charge in [-0.05, 0) is 63.0 Å². The summed E-state index contributed by atoms with van der Waals surface area (Å²) in [5.41, 5.74) is 8.26. The highest BCUT2D eigenvalue weighted by Gasteiger charge is 2.25. The van der Waals surface area contributed by atoms with Crippen LogP contribution in [0.4, 0.5) is 0 Å². The van der Waals surface area contributed by atoms with Crippen molar-refractivity contribution < 1.29 is 8.42 Å². The molecule has 3 N–H and O–H groups in total. The Morgan fingerprint density at radius 3 is 2.71 bits per heavy atom. The summed E-state index contributed by atoms with van der Waals surface area (Å²) in [6, 6.07) is 3.62. The first-order valence-corrected chi connectivity index (χ1v) is 8.83. The standard InChI is InChI=1S/C15H25N3O2S/c1-11-7-13(9-16)8-15(12(11)2)21(19,20)17-14-5-4-6-18(3)10-14/h7-8,14,17H,4-6,9-10,16H2,1-3H3. The molecule has 0 spiro atoms. The van der Waals surface area contributed by atoms with Gasteiger partial charge in [-0.1, -0.05) is 6.07 Å². The number of likely N-dealkylation sites (tertiary alicyclic amines) is 1. The Bertz CT molecular complexity index is 614. The van der Waals surface area contributed by atoms with Crippen molar-refractivity contribution in [2.75, 3.05) is 20.1 Å². The van der Waals surface area contributed by atoms with E-state index < -0.39 is 10.0 Å². The number of hydrogen-bond donors (Lipinski definition) is 2. The SMILES string of the molecule is Cc1cc(CN)cc(S(=O)(=O)NC2CCCN(C)C2)c1C. The van der Waals surface area contributed by atoms with Crippen LogP contribution in [-0.2, 0) is 16.6 Å². The van der Waals surface area contributed by atoms with E-state index in [1.54, 1.807) is 6.07 Å². The van der Waals surface area contributed by atoms with Crippen molar-refractivity contribution in [1.82, 2.24) is 9.62 Å². The predicted octanol–water partition coefficient (Wildman–Crippen LogP) is 1.13. The van der Waals surface area contributed by atoms with E-state index >= 15 is 0 Å². The van der Waals surface area contributed by atoms with E-state index in [0.29, 0.717) is 11.4 Å². The van der Waals surface area contributed by atoms with Crippen LogP contribution in [0.2, 0.25) is 0 Å². The van der Waals surface area contributed by atoms with Crippen LogP contribution < -0.4 is 10.5 Å². The lowest BCUT2D eigenvalue weighted by Crippen LogP contribution is -2.46. The summed E-state index contributed by atoms with van der Waals surface area (Å²) in [5.74, 6) is 0. The molecular weight excluding hydrogens is 286 g/mol. The Morgan fingerprint density at radius 2 is 2.10 bits per heavy atom. The number of piperidine rings is 1. The van der Waals surface area contributed by atoms with Gasteiger partial charge in [-0.3, -0.25) is 0 Å². The quantitative estimate of drug-likeness (QED) is 0.874. The molecule has 1 fully saturated rings. The number of nitrogens with one attached hydrogen (secondary N) is 1. The van der Waals surface area contributed by atoms with Crippen molar-refractivity contribution in [1.29, 1.82) is 0 Å². The summed E-state index contributed by atoms with van der Waals surface area (Å²) in [4.78, 5) is 2.52. The molecule has 0 aliphatic carbocycles. The minimum Gasteiger partial charge on any atom is -0.326 e. The summed E-state index contributed by atoms with van der Waals surface area (Å²) in [6.07, 6.45) is 1.91. The van der Waals surface area contributed by atoms with E-state index in [1.807, 2.05) is 27.0 Å². The van der Waals surface area contributed by atoms with E-state index in [4.69, 9.17) is 5.73 Å². The van der Waals surface area contributed by atoms with Gasteiger partial charge in [0.15, 0.2) is 0 Å². The summed E-state index contributed by atoms with van der Waals surface area (Å²) < 4.78 is 28.2. The number of aryl methyl sites for hydroxylation is 1. The lowest BCUT2D eigenvalue weighted by atomic mass is 10.1. The average molecular weight is 311 g/mol. The Labute approximate surface area is 127 Å². The number of rotatable bonds is 4. The molecule has 0 amide bonds. The van der Waals surface area contributed by atoms with Crippen molar-refractivity contribution in [3.05, 3.63) is 28.8 Å². The second-order valence-electron chi connectivity index (χ2n) is 5.96. The number of nitrogens with two attached hydrogens (primary N) is 1. The molecule has 118 valence electrons. The maximum atomic E-state index is 12.7. The van der Waals surface area contributed by atoms with Crippen molar-refractivity contribution in [3.63, 3.8) is 0 Å². The maximum absolute atomic E-state index is 12.7. The maximum Gasteiger partial charge on any atom is 0.241 e. The largest absolute Gasteiger partial charge is 0.326 e. The molecular formula is C15H25N3O2S. The van der Waals surface area contributed by atoms with Gasteiger partial charge in [-0.25, -0.2) is 13.1 Å². The molecule has 0 aromatic heterocycles. The molecule has 1 aromatic rings. The minimum atomic E-state index is -3.50. The molecule has 1 unspecified atom stereocenters. The van der Waals surface area contributed by atoms with Gasteiger partial charge in [0, 0.05) is 19.1 Å². The van der Waals surface area contributed by atoms with E-state index in [0.717, 1.165) is 42.6 Å². The molecule has 1 saturated heterocycles. The summed E-state index contributed by atoms with van der Waals surface area (Å²) >= 11 is 0. The zero-order valence-corrected chi connectivity index (χ0v) is 13.8. The second kappa shape index (κ2) is 6.44. The molecule has 1 aliphatic heterocycles. The molecule has 0 saturated carbocycles. The highest BCUT2D eigenvalue weighted by molar-refractivity contribution is 7.89. The fourth-order valence-corrected chi connectivity index (χ4v) is 4.47. The molecule has 5 nitrogen and oxygen atoms in total. The van der Waals surface area contributed by atoms with E-state index in [9.17, 15) is 8.42 Å². The number of benzene rings is 1. The first-order chi connectivity index (χ1) is 9.83. The smallest absolute Gasteiger partial charge is 0.241 e. The molecule has 6 heteroatoms. The van der Waals surface area contributed by atoms with E-state index in [1.165, 1.54) is 0 Å². The zero-order chi connectivity index (χ0) is 15.6. The van der Waals surface area contributed by atoms with Gasteiger partial charge >= 0.3 is 0 Å². The van der Waals surface area contributed by atoms with Gasteiger partial charge in [0.05, 0.1) is 4.90 Å². The Kier molecular flexibility index (Phi) is 5.03. The van der Waals surface area contributed by atoms with E-state index in [2.05, 4.69) is 9.62 Å². The summed E-state index contributed by atoms with van der Waals surface area (Å²) in [6.45, 7) is 5.89.